The number of para-hydroxylation sites is 1. The van der Waals surface area contributed by atoms with E-state index in [9.17, 15) is 0 Å². The summed E-state index contributed by atoms with van der Waals surface area (Å²) in [6.45, 7) is 10.9. The van der Waals surface area contributed by atoms with Crippen molar-refractivity contribution < 1.29 is 6.85 Å². The van der Waals surface area contributed by atoms with E-state index in [1.54, 1.807) is 0 Å². The minimum atomic E-state index is -0.403. The van der Waals surface area contributed by atoms with Crippen LogP contribution in [0.3, 0.4) is 0 Å². The molecule has 38 heavy (non-hydrogen) atoms. The van der Waals surface area contributed by atoms with Crippen molar-refractivity contribution in [2.24, 2.45) is 0 Å². The van der Waals surface area contributed by atoms with Crippen LogP contribution in [0.2, 0.25) is 0 Å². The number of anilines is 3. The second-order valence-electron chi connectivity index (χ2n) is 11.6. The Morgan fingerprint density at radius 2 is 1.32 bits per heavy atom. The molecule has 0 saturated heterocycles. The minimum Gasteiger partial charge on any atom is -0.310 e. The van der Waals surface area contributed by atoms with E-state index in [4.69, 9.17) is 6.85 Å². The summed E-state index contributed by atoms with van der Waals surface area (Å²) in [5, 5.41) is 0. The molecule has 0 heterocycles. The van der Waals surface area contributed by atoms with E-state index >= 15 is 0 Å². The molecule has 0 fully saturated rings. The summed E-state index contributed by atoms with van der Waals surface area (Å²) < 4.78 is 43.3. The highest BCUT2D eigenvalue weighted by atomic mass is 15.1. The highest BCUT2D eigenvalue weighted by Gasteiger charge is 2.36. The van der Waals surface area contributed by atoms with E-state index in [0.717, 1.165) is 39.2 Å². The average Bonchev–Trinajstić information content (AvgIpc) is 3.23. The normalized spacial score (nSPS) is 15.4. The van der Waals surface area contributed by atoms with Gasteiger partial charge in [-0.25, -0.2) is 0 Å². The summed E-state index contributed by atoms with van der Waals surface area (Å²) in [6.07, 6.45) is 0. The fourth-order valence-electron chi connectivity index (χ4n) is 5.72. The van der Waals surface area contributed by atoms with Gasteiger partial charge in [-0.1, -0.05) is 119 Å². The van der Waals surface area contributed by atoms with Crippen molar-refractivity contribution in [2.45, 2.75) is 45.4 Å². The van der Waals surface area contributed by atoms with E-state index in [1.807, 2.05) is 35.2 Å². The smallest absolute Gasteiger partial charge is 0.0645 e. The van der Waals surface area contributed by atoms with Crippen LogP contribution in [0.25, 0.3) is 22.3 Å². The van der Waals surface area contributed by atoms with Gasteiger partial charge in [0.05, 0.1) is 6.85 Å². The van der Waals surface area contributed by atoms with Crippen LogP contribution in [0.4, 0.5) is 17.1 Å². The molecule has 1 aliphatic rings. The van der Waals surface area contributed by atoms with Crippen molar-refractivity contribution in [3.63, 3.8) is 0 Å². The Morgan fingerprint density at radius 1 is 0.632 bits per heavy atom. The molecule has 0 amide bonds. The van der Waals surface area contributed by atoms with Gasteiger partial charge in [0, 0.05) is 22.5 Å². The van der Waals surface area contributed by atoms with Crippen LogP contribution in [-0.4, -0.2) is 0 Å². The number of rotatable bonds is 4. The van der Waals surface area contributed by atoms with Crippen molar-refractivity contribution in [3.8, 4) is 22.3 Å². The molecule has 0 bridgehead atoms. The highest BCUT2D eigenvalue weighted by Crippen LogP contribution is 2.51. The monoisotopic (exact) mass is 498 g/mol. The van der Waals surface area contributed by atoms with Crippen LogP contribution < -0.4 is 4.90 Å². The highest BCUT2D eigenvalue weighted by molar-refractivity contribution is 5.87. The Bertz CT molecular complexity index is 1860. The molecule has 0 aliphatic heterocycles. The molecule has 5 aromatic carbocycles. The minimum absolute atomic E-state index is 0.136. The summed E-state index contributed by atoms with van der Waals surface area (Å²) in [7, 11) is 0. The van der Waals surface area contributed by atoms with Gasteiger partial charge < -0.3 is 4.90 Å². The molecule has 1 nitrogen and oxygen atoms in total. The van der Waals surface area contributed by atoms with Crippen LogP contribution in [0, 0.1) is 0 Å². The fraction of sp³-hybridized carbons (Fsp3) is 0.189. The first-order valence-corrected chi connectivity index (χ1v) is 13.1. The molecular weight excluding hydrogens is 458 g/mol. The van der Waals surface area contributed by atoms with Crippen LogP contribution in [0.1, 0.15) is 58.2 Å². The lowest BCUT2D eigenvalue weighted by Gasteiger charge is -2.33. The van der Waals surface area contributed by atoms with Crippen LogP contribution in [0.5, 0.6) is 0 Å². The van der Waals surface area contributed by atoms with Gasteiger partial charge >= 0.3 is 0 Å². The van der Waals surface area contributed by atoms with Crippen LogP contribution >= 0.6 is 0 Å². The number of nitrogens with zero attached hydrogens (tertiary/aromatic N) is 1. The Morgan fingerprint density at radius 3 is 2.05 bits per heavy atom. The summed E-state index contributed by atoms with van der Waals surface area (Å²) in [5.74, 6) is 0. The molecule has 0 radical (unpaired) electrons. The predicted octanol–water partition coefficient (Wildman–Crippen LogP) is 10.4. The molecule has 0 saturated carbocycles. The quantitative estimate of drug-likeness (QED) is 0.238. The molecule has 0 spiro atoms. The molecule has 1 heteroatoms. The summed E-state index contributed by atoms with van der Waals surface area (Å²) in [5.41, 5.74) is 8.96. The van der Waals surface area contributed by atoms with E-state index in [1.165, 1.54) is 11.1 Å². The van der Waals surface area contributed by atoms with Crippen LogP contribution in [-0.2, 0) is 10.8 Å². The number of hydrogen-bond donors (Lipinski definition) is 0. The maximum absolute atomic E-state index is 8.99. The SMILES string of the molecule is [2H]c1c([2H])c([2H])c(N(c2ccc3c(c2)C(C)(C)c2ccccc2-3)c2ccc(-c3ccccc3)cc2C(C)(C)C)c([2H])c1[2H]. The zero-order valence-corrected chi connectivity index (χ0v) is 22.6. The summed E-state index contributed by atoms with van der Waals surface area (Å²) in [4.78, 5) is 1.87. The van der Waals surface area contributed by atoms with Gasteiger partial charge in [-0.15, -0.1) is 0 Å². The third-order valence-corrected chi connectivity index (χ3v) is 7.69. The second kappa shape index (κ2) is 9.03. The van der Waals surface area contributed by atoms with Gasteiger partial charge in [0.1, 0.15) is 0 Å². The van der Waals surface area contributed by atoms with E-state index in [2.05, 4.69) is 95.3 Å². The third kappa shape index (κ3) is 4.03. The maximum atomic E-state index is 8.99. The van der Waals surface area contributed by atoms with Crippen molar-refractivity contribution >= 4 is 17.1 Å². The molecule has 5 aromatic rings. The van der Waals surface area contributed by atoms with E-state index in [0.29, 0.717) is 0 Å². The van der Waals surface area contributed by atoms with Crippen molar-refractivity contribution in [1.29, 1.82) is 0 Å². The van der Waals surface area contributed by atoms with Crippen molar-refractivity contribution in [3.05, 3.63) is 138 Å². The van der Waals surface area contributed by atoms with Crippen molar-refractivity contribution in [2.75, 3.05) is 4.90 Å². The standard InChI is InChI=1S/C37H35N/c1-36(2,3)34-24-27(26-14-8-6-9-15-26)20-23-35(34)38(28-16-10-7-11-17-28)29-21-22-31-30-18-12-13-19-32(30)37(4,5)33(31)25-29/h6-25H,1-5H3/i7D,10D,11D,16D,17D. The van der Waals surface area contributed by atoms with Gasteiger partial charge in [0.2, 0.25) is 0 Å². The predicted molar refractivity (Wildman–Crippen MR) is 163 cm³/mol. The maximum Gasteiger partial charge on any atom is 0.0645 e. The lowest BCUT2D eigenvalue weighted by atomic mass is 9.82. The van der Waals surface area contributed by atoms with Gasteiger partial charge in [0.15, 0.2) is 0 Å². The molecule has 0 atom stereocenters. The average molecular weight is 499 g/mol. The Kier molecular flexibility index (Phi) is 4.52. The largest absolute Gasteiger partial charge is 0.310 e. The summed E-state index contributed by atoms with van der Waals surface area (Å²) >= 11 is 0. The van der Waals surface area contributed by atoms with Gasteiger partial charge in [-0.3, -0.25) is 0 Å². The zero-order chi connectivity index (χ0) is 30.8. The van der Waals surface area contributed by atoms with Gasteiger partial charge in [-0.2, -0.15) is 0 Å². The molecule has 188 valence electrons. The molecule has 1 aliphatic carbocycles. The Labute approximate surface area is 234 Å². The lowest BCUT2D eigenvalue weighted by molar-refractivity contribution is 0.591. The lowest BCUT2D eigenvalue weighted by Crippen LogP contribution is -2.20. The molecular formula is C37H35N. The molecule has 0 aromatic heterocycles. The number of hydrogen-bond acceptors (Lipinski definition) is 1. The van der Waals surface area contributed by atoms with Crippen molar-refractivity contribution in [1.82, 2.24) is 0 Å². The molecule has 0 unspecified atom stereocenters. The number of benzene rings is 5. The van der Waals surface area contributed by atoms with Crippen LogP contribution in [0.15, 0.2) is 121 Å². The first-order valence-electron chi connectivity index (χ1n) is 15.6. The number of fused-ring (bicyclic) bond motifs is 3. The Hall–Kier alpha value is -4.10. The molecule has 6 rings (SSSR count). The summed E-state index contributed by atoms with van der Waals surface area (Å²) in [6, 6.07) is 29.5. The zero-order valence-electron chi connectivity index (χ0n) is 27.6. The molecule has 0 N–H and O–H groups in total. The first kappa shape index (κ1) is 19.0. The van der Waals surface area contributed by atoms with E-state index in [-0.39, 0.29) is 40.7 Å². The topological polar surface area (TPSA) is 3.24 Å². The fourth-order valence-corrected chi connectivity index (χ4v) is 5.72. The first-order chi connectivity index (χ1) is 20.3. The van der Waals surface area contributed by atoms with E-state index < -0.39 is 6.04 Å². The second-order valence-corrected chi connectivity index (χ2v) is 11.6. The third-order valence-electron chi connectivity index (χ3n) is 7.69. The van der Waals surface area contributed by atoms with Gasteiger partial charge in [-0.05, 0) is 80.7 Å². The van der Waals surface area contributed by atoms with Gasteiger partial charge in [0.25, 0.3) is 0 Å². The Balaban J connectivity index is 1.66.